The molecule has 0 saturated heterocycles. The summed E-state index contributed by atoms with van der Waals surface area (Å²) < 4.78 is 31.5. The van der Waals surface area contributed by atoms with Gasteiger partial charge in [0.1, 0.15) is 11.8 Å². The molecule has 0 saturated carbocycles. The van der Waals surface area contributed by atoms with Gasteiger partial charge in [-0.2, -0.15) is 5.10 Å². The molecule has 3 rings (SSSR count). The fourth-order valence-electron chi connectivity index (χ4n) is 2.72. The number of hydrogen-bond acceptors (Lipinski definition) is 5. The normalized spacial score (nSPS) is 17.3. The molecule has 1 amide bonds. The van der Waals surface area contributed by atoms with E-state index >= 15 is 0 Å². The second-order valence-corrected chi connectivity index (χ2v) is 8.24. The first-order valence-electron chi connectivity index (χ1n) is 8.02. The van der Waals surface area contributed by atoms with Crippen molar-refractivity contribution in [2.75, 3.05) is 10.5 Å². The summed E-state index contributed by atoms with van der Waals surface area (Å²) in [5.41, 5.74) is 1.84. The highest BCUT2D eigenvalue weighted by Gasteiger charge is 2.33. The van der Waals surface area contributed by atoms with E-state index in [9.17, 15) is 13.2 Å². The third-order valence-electron chi connectivity index (χ3n) is 4.00. The Balaban J connectivity index is 1.90. The van der Waals surface area contributed by atoms with Gasteiger partial charge in [-0.15, -0.1) is 0 Å². The van der Waals surface area contributed by atoms with Gasteiger partial charge in [0.2, 0.25) is 15.9 Å². The van der Waals surface area contributed by atoms with E-state index < -0.39 is 10.0 Å². The lowest BCUT2D eigenvalue weighted by Crippen LogP contribution is -2.23. The van der Waals surface area contributed by atoms with Crippen molar-refractivity contribution in [2.24, 2.45) is 5.10 Å². The Hall–Kier alpha value is -2.32. The fraction of sp³-hybridized carbons (Fsp3) is 0.294. The highest BCUT2D eigenvalue weighted by Crippen LogP contribution is 2.34. The maximum absolute atomic E-state index is 12.0. The van der Waals surface area contributed by atoms with Gasteiger partial charge >= 0.3 is 0 Å². The van der Waals surface area contributed by atoms with Gasteiger partial charge in [-0.1, -0.05) is 12.1 Å². The number of hydrogen-bond donors (Lipinski definition) is 1. The molecule has 1 aromatic heterocycles. The molecule has 0 aliphatic carbocycles. The van der Waals surface area contributed by atoms with Crippen LogP contribution in [0.2, 0.25) is 5.22 Å². The van der Waals surface area contributed by atoms with Crippen LogP contribution in [0.15, 0.2) is 45.9 Å². The average Bonchev–Trinajstić information content (AvgIpc) is 3.21. The number of benzene rings is 1. The van der Waals surface area contributed by atoms with Gasteiger partial charge in [-0.05, 0) is 48.4 Å². The summed E-state index contributed by atoms with van der Waals surface area (Å²) in [7, 11) is -3.37. The molecule has 1 unspecified atom stereocenters. The van der Waals surface area contributed by atoms with E-state index in [-0.39, 0.29) is 22.9 Å². The van der Waals surface area contributed by atoms with Crippen LogP contribution in [0.25, 0.3) is 0 Å². The maximum Gasteiger partial charge on any atom is 0.240 e. The number of halogens is 1. The molecule has 1 aromatic carbocycles. The standard InChI is InChI=1S/C17H18ClN3O4S/c1-3-26(23,24)20-13-6-4-5-12(9-13)14-10-15(21(19-14)11(2)22)16-7-8-17(18)25-16/h4-9,15,20H,3,10H2,1-2H3. The largest absolute Gasteiger partial charge is 0.447 e. The molecule has 1 aliphatic rings. The second-order valence-electron chi connectivity index (χ2n) is 5.86. The van der Waals surface area contributed by atoms with Gasteiger partial charge in [0.15, 0.2) is 5.22 Å². The highest BCUT2D eigenvalue weighted by molar-refractivity contribution is 7.92. The number of nitrogens with zero attached hydrogens (tertiary/aromatic N) is 2. The third-order valence-corrected chi connectivity index (χ3v) is 5.51. The molecule has 0 fully saturated rings. The molecule has 2 heterocycles. The Morgan fingerprint density at radius 3 is 2.77 bits per heavy atom. The van der Waals surface area contributed by atoms with Crippen molar-refractivity contribution in [1.29, 1.82) is 0 Å². The van der Waals surface area contributed by atoms with E-state index in [0.717, 1.165) is 5.56 Å². The zero-order valence-electron chi connectivity index (χ0n) is 14.3. The van der Waals surface area contributed by atoms with Gasteiger partial charge in [-0.3, -0.25) is 9.52 Å². The van der Waals surface area contributed by atoms with E-state index in [2.05, 4.69) is 9.82 Å². The topological polar surface area (TPSA) is 92.0 Å². The quantitative estimate of drug-likeness (QED) is 0.839. The molecule has 2 aromatic rings. The number of rotatable bonds is 5. The van der Waals surface area contributed by atoms with Crippen molar-refractivity contribution in [3.05, 3.63) is 52.9 Å². The number of anilines is 1. The summed E-state index contributed by atoms with van der Waals surface area (Å²) in [4.78, 5) is 12.0. The van der Waals surface area contributed by atoms with Crippen LogP contribution in [0, 0.1) is 0 Å². The zero-order valence-corrected chi connectivity index (χ0v) is 15.8. The molecule has 0 spiro atoms. The van der Waals surface area contributed by atoms with Crippen LogP contribution in [-0.4, -0.2) is 30.8 Å². The molecule has 0 bridgehead atoms. The maximum atomic E-state index is 12.0. The van der Waals surface area contributed by atoms with Crippen LogP contribution in [0.5, 0.6) is 0 Å². The van der Waals surface area contributed by atoms with Gasteiger partial charge in [0.25, 0.3) is 0 Å². The van der Waals surface area contributed by atoms with Crippen LogP contribution in [0.3, 0.4) is 0 Å². The van der Waals surface area contributed by atoms with Gasteiger partial charge in [0.05, 0.1) is 11.5 Å². The van der Waals surface area contributed by atoms with Gasteiger partial charge in [0, 0.05) is 19.0 Å². The average molecular weight is 396 g/mol. The van der Waals surface area contributed by atoms with Gasteiger partial charge in [-0.25, -0.2) is 13.4 Å². The van der Waals surface area contributed by atoms with Crippen LogP contribution in [0.1, 0.15) is 37.6 Å². The number of furan rings is 1. The number of sulfonamides is 1. The Labute approximate surface area is 156 Å². The lowest BCUT2D eigenvalue weighted by molar-refractivity contribution is -0.130. The van der Waals surface area contributed by atoms with Crippen molar-refractivity contribution in [2.45, 2.75) is 26.3 Å². The predicted molar refractivity (Wildman–Crippen MR) is 99.7 cm³/mol. The third kappa shape index (κ3) is 3.91. The Bertz CT molecular complexity index is 968. The number of hydrazone groups is 1. The number of nitrogens with one attached hydrogen (secondary N) is 1. The molecule has 26 heavy (non-hydrogen) atoms. The zero-order chi connectivity index (χ0) is 18.9. The van der Waals surface area contributed by atoms with Gasteiger partial charge < -0.3 is 4.42 Å². The molecule has 138 valence electrons. The van der Waals surface area contributed by atoms with Crippen LogP contribution in [-0.2, 0) is 14.8 Å². The van der Waals surface area contributed by atoms with Crippen molar-refractivity contribution in [1.82, 2.24) is 5.01 Å². The number of carbonyl (C=O) groups excluding carboxylic acids is 1. The van der Waals surface area contributed by atoms with E-state index in [0.29, 0.717) is 23.6 Å². The molecule has 9 heteroatoms. The monoisotopic (exact) mass is 395 g/mol. The molecule has 0 radical (unpaired) electrons. The molecule has 7 nitrogen and oxygen atoms in total. The Kier molecular flexibility index (Phi) is 5.06. The first-order valence-corrected chi connectivity index (χ1v) is 10.1. The lowest BCUT2D eigenvalue weighted by Gasteiger charge is -2.17. The van der Waals surface area contributed by atoms with Crippen molar-refractivity contribution in [3.63, 3.8) is 0 Å². The molecule has 1 N–H and O–H groups in total. The lowest BCUT2D eigenvalue weighted by atomic mass is 10.0. The first kappa shape index (κ1) is 18.5. The molecule has 1 aliphatic heterocycles. The van der Waals surface area contributed by atoms with Crippen molar-refractivity contribution in [3.8, 4) is 0 Å². The van der Waals surface area contributed by atoms with E-state index in [1.165, 1.54) is 11.9 Å². The van der Waals surface area contributed by atoms with Crippen molar-refractivity contribution < 1.29 is 17.6 Å². The summed E-state index contributed by atoms with van der Waals surface area (Å²) in [6.07, 6.45) is 0.438. The van der Waals surface area contributed by atoms with E-state index in [1.54, 1.807) is 37.3 Å². The summed E-state index contributed by atoms with van der Waals surface area (Å²) in [5.74, 6) is 0.310. The summed E-state index contributed by atoms with van der Waals surface area (Å²) >= 11 is 5.84. The summed E-state index contributed by atoms with van der Waals surface area (Å²) in [5, 5.41) is 6.00. The van der Waals surface area contributed by atoms with E-state index in [4.69, 9.17) is 16.0 Å². The minimum Gasteiger partial charge on any atom is -0.447 e. The highest BCUT2D eigenvalue weighted by atomic mass is 35.5. The smallest absolute Gasteiger partial charge is 0.240 e. The first-order chi connectivity index (χ1) is 12.3. The summed E-state index contributed by atoms with van der Waals surface area (Å²) in [6, 6.07) is 9.87. The minimum absolute atomic E-state index is 0.0163. The predicted octanol–water partition coefficient (Wildman–Crippen LogP) is 3.39. The van der Waals surface area contributed by atoms with E-state index in [1.807, 2.05) is 6.07 Å². The molecule has 1 atom stereocenters. The molecular formula is C17H18ClN3O4S. The Morgan fingerprint density at radius 1 is 1.38 bits per heavy atom. The Morgan fingerprint density at radius 2 is 2.15 bits per heavy atom. The molecular weight excluding hydrogens is 378 g/mol. The number of amides is 1. The van der Waals surface area contributed by atoms with Crippen LogP contribution < -0.4 is 4.72 Å². The second kappa shape index (κ2) is 7.13. The SMILES string of the molecule is CCS(=O)(=O)Nc1cccc(C2=NN(C(C)=O)C(c3ccc(Cl)o3)C2)c1. The van der Waals surface area contributed by atoms with Crippen LogP contribution in [0.4, 0.5) is 5.69 Å². The van der Waals surface area contributed by atoms with Crippen LogP contribution >= 0.6 is 11.6 Å². The fourth-order valence-corrected chi connectivity index (χ4v) is 3.50. The summed E-state index contributed by atoms with van der Waals surface area (Å²) in [6.45, 7) is 2.99. The minimum atomic E-state index is -3.37. The number of carbonyl (C=O) groups is 1. The van der Waals surface area contributed by atoms with Crippen molar-refractivity contribution >= 4 is 38.9 Å².